The van der Waals surface area contributed by atoms with Gasteiger partial charge < -0.3 is 9.32 Å². The molecule has 1 aliphatic rings. The Morgan fingerprint density at radius 1 is 1.13 bits per heavy atom. The van der Waals surface area contributed by atoms with Crippen LogP contribution in [0.2, 0.25) is 0 Å². The Balaban J connectivity index is 1.38. The Hall–Kier alpha value is -3.94. The third-order valence-corrected chi connectivity index (χ3v) is 5.27. The van der Waals surface area contributed by atoms with E-state index in [4.69, 9.17) is 4.42 Å². The number of furan rings is 1. The van der Waals surface area contributed by atoms with E-state index in [1.165, 1.54) is 31.2 Å². The van der Waals surface area contributed by atoms with E-state index >= 15 is 0 Å². The van der Waals surface area contributed by atoms with Crippen LogP contribution in [0.25, 0.3) is 11.3 Å². The third kappa shape index (κ3) is 4.63. The average Bonchev–Trinajstić information content (AvgIpc) is 3.46. The minimum Gasteiger partial charge on any atom is -0.455 e. The van der Waals surface area contributed by atoms with Crippen LogP contribution in [0.3, 0.4) is 0 Å². The van der Waals surface area contributed by atoms with Crippen molar-refractivity contribution >= 4 is 23.5 Å². The maximum atomic E-state index is 12.3. The largest absolute Gasteiger partial charge is 0.455 e. The first-order valence-electron chi connectivity index (χ1n) is 10.0. The molecule has 0 saturated carbocycles. The third-order valence-electron chi connectivity index (χ3n) is 5.27. The molecule has 0 radical (unpaired) electrons. The van der Waals surface area contributed by atoms with Crippen molar-refractivity contribution in [2.24, 2.45) is 5.10 Å². The zero-order chi connectivity index (χ0) is 21.8. The van der Waals surface area contributed by atoms with Gasteiger partial charge in [-0.05, 0) is 67.8 Å². The highest BCUT2D eigenvalue weighted by Crippen LogP contribution is 2.28. The molecule has 8 heteroatoms. The van der Waals surface area contributed by atoms with Gasteiger partial charge in [-0.1, -0.05) is 0 Å². The Morgan fingerprint density at radius 3 is 2.55 bits per heavy atom. The summed E-state index contributed by atoms with van der Waals surface area (Å²) < 4.78 is 5.74. The zero-order valence-corrected chi connectivity index (χ0v) is 17.1. The predicted octanol–water partition coefficient (Wildman–Crippen LogP) is 4.53. The van der Waals surface area contributed by atoms with Gasteiger partial charge in [0.15, 0.2) is 0 Å². The molecule has 0 atom stereocenters. The Bertz CT molecular complexity index is 1130. The van der Waals surface area contributed by atoms with Crippen molar-refractivity contribution in [1.29, 1.82) is 0 Å². The number of hydrazone groups is 1. The molecule has 0 unspecified atom stereocenters. The highest BCUT2D eigenvalue weighted by atomic mass is 16.6. The lowest BCUT2D eigenvalue weighted by Gasteiger charge is -2.17. The first-order chi connectivity index (χ1) is 15.0. The Labute approximate surface area is 179 Å². The molecule has 31 heavy (non-hydrogen) atoms. The average molecular weight is 418 g/mol. The van der Waals surface area contributed by atoms with Crippen molar-refractivity contribution in [3.8, 4) is 11.3 Å². The molecule has 1 saturated heterocycles. The number of hydrogen-bond acceptors (Lipinski definition) is 6. The summed E-state index contributed by atoms with van der Waals surface area (Å²) in [7, 11) is 0. The fraction of sp³-hybridized carbons (Fsp3) is 0.217. The number of nitro benzene ring substituents is 1. The number of amides is 1. The molecule has 8 nitrogen and oxygen atoms in total. The van der Waals surface area contributed by atoms with E-state index in [0.29, 0.717) is 17.1 Å². The molecular formula is C23H22N4O4. The van der Waals surface area contributed by atoms with Crippen LogP contribution in [-0.4, -0.2) is 30.1 Å². The van der Waals surface area contributed by atoms with Crippen LogP contribution in [0.5, 0.6) is 0 Å². The molecule has 0 aliphatic carbocycles. The normalized spacial score (nSPS) is 13.6. The molecule has 1 amide bonds. The molecule has 4 rings (SSSR count). The van der Waals surface area contributed by atoms with Crippen LogP contribution in [-0.2, 0) is 0 Å². The van der Waals surface area contributed by atoms with E-state index < -0.39 is 4.92 Å². The smallest absolute Gasteiger partial charge is 0.271 e. The summed E-state index contributed by atoms with van der Waals surface area (Å²) in [5.74, 6) is 0.720. The molecule has 2 aromatic carbocycles. The van der Waals surface area contributed by atoms with Crippen molar-refractivity contribution in [2.45, 2.75) is 19.8 Å². The minimum atomic E-state index is -0.431. The lowest BCUT2D eigenvalue weighted by Crippen LogP contribution is -2.19. The van der Waals surface area contributed by atoms with Crippen LogP contribution < -0.4 is 10.3 Å². The number of nitro groups is 1. The summed E-state index contributed by atoms with van der Waals surface area (Å²) in [6, 6.07) is 15.6. The Morgan fingerprint density at radius 2 is 1.87 bits per heavy atom. The van der Waals surface area contributed by atoms with Crippen molar-refractivity contribution in [2.75, 3.05) is 18.0 Å². The first-order valence-corrected chi connectivity index (χ1v) is 10.0. The predicted molar refractivity (Wildman–Crippen MR) is 118 cm³/mol. The number of benzene rings is 2. The van der Waals surface area contributed by atoms with Crippen LogP contribution in [0.15, 0.2) is 64.1 Å². The number of nitrogens with zero attached hydrogens (tertiary/aromatic N) is 3. The van der Waals surface area contributed by atoms with Gasteiger partial charge in [-0.2, -0.15) is 5.10 Å². The Kier molecular flexibility index (Phi) is 5.79. The summed E-state index contributed by atoms with van der Waals surface area (Å²) in [6.45, 7) is 3.90. The number of carbonyl (C=O) groups excluding carboxylic acids is 1. The van der Waals surface area contributed by atoms with Gasteiger partial charge in [0.05, 0.1) is 11.1 Å². The van der Waals surface area contributed by atoms with E-state index in [9.17, 15) is 14.9 Å². The summed E-state index contributed by atoms with van der Waals surface area (Å²) in [6.07, 6.45) is 3.82. The van der Waals surface area contributed by atoms with Crippen molar-refractivity contribution in [1.82, 2.24) is 5.43 Å². The number of nitrogens with one attached hydrogen (secondary N) is 1. The van der Waals surface area contributed by atoms with E-state index in [0.717, 1.165) is 29.9 Å². The topological polar surface area (TPSA) is 101 Å². The van der Waals surface area contributed by atoms with Gasteiger partial charge in [-0.15, -0.1) is 0 Å². The first kappa shape index (κ1) is 20.3. The van der Waals surface area contributed by atoms with Crippen molar-refractivity contribution < 1.29 is 14.1 Å². The van der Waals surface area contributed by atoms with E-state index in [1.807, 2.05) is 12.1 Å². The highest BCUT2D eigenvalue weighted by Gasteiger charge is 2.14. The number of anilines is 1. The molecule has 1 N–H and O–H groups in total. The summed E-state index contributed by atoms with van der Waals surface area (Å²) >= 11 is 0. The summed E-state index contributed by atoms with van der Waals surface area (Å²) in [5, 5.41) is 14.9. The quantitative estimate of drug-likeness (QED) is 0.360. The summed E-state index contributed by atoms with van der Waals surface area (Å²) in [4.78, 5) is 25.1. The van der Waals surface area contributed by atoms with Crippen LogP contribution in [0, 0.1) is 17.0 Å². The second-order valence-corrected chi connectivity index (χ2v) is 7.40. The van der Waals surface area contributed by atoms with Gasteiger partial charge in [0.1, 0.15) is 11.5 Å². The van der Waals surface area contributed by atoms with Gasteiger partial charge in [-0.25, -0.2) is 5.43 Å². The number of rotatable bonds is 6. The highest BCUT2D eigenvalue weighted by molar-refractivity contribution is 5.95. The van der Waals surface area contributed by atoms with Gasteiger partial charge in [0.25, 0.3) is 11.6 Å². The van der Waals surface area contributed by atoms with Crippen LogP contribution in [0.4, 0.5) is 11.4 Å². The molecule has 0 spiro atoms. The lowest BCUT2D eigenvalue weighted by molar-refractivity contribution is -0.384. The maximum Gasteiger partial charge on any atom is 0.271 e. The maximum absolute atomic E-state index is 12.3. The van der Waals surface area contributed by atoms with E-state index in [2.05, 4.69) is 15.4 Å². The second kappa shape index (κ2) is 8.83. The van der Waals surface area contributed by atoms with Crippen LogP contribution >= 0.6 is 0 Å². The summed E-state index contributed by atoms with van der Waals surface area (Å²) in [5.41, 5.74) is 5.68. The lowest BCUT2D eigenvalue weighted by atomic mass is 10.1. The number of non-ortho nitro benzene ring substituents is 1. The van der Waals surface area contributed by atoms with Gasteiger partial charge >= 0.3 is 0 Å². The van der Waals surface area contributed by atoms with E-state index in [1.54, 1.807) is 37.3 Å². The molecule has 2 heterocycles. The standard InChI is InChI=1S/C23H22N4O4/c1-16-14-19(27(29)30)8-10-21(16)22-11-9-20(31-22)15-24-25-23(28)17-4-6-18(7-5-17)26-12-2-3-13-26/h4-11,14-15H,2-3,12-13H2,1H3,(H,25,28)/b24-15+. The monoisotopic (exact) mass is 418 g/mol. The molecule has 158 valence electrons. The molecule has 3 aromatic rings. The van der Waals surface area contributed by atoms with Gasteiger partial charge in [0.2, 0.25) is 0 Å². The number of aryl methyl sites for hydroxylation is 1. The fourth-order valence-corrected chi connectivity index (χ4v) is 3.62. The molecule has 1 aromatic heterocycles. The SMILES string of the molecule is Cc1cc([N+](=O)[O-])ccc1-c1ccc(/C=N/NC(=O)c2ccc(N3CCCC3)cc2)o1. The minimum absolute atomic E-state index is 0.0331. The number of carbonyl (C=O) groups is 1. The molecule has 0 bridgehead atoms. The van der Waals surface area contributed by atoms with Crippen LogP contribution in [0.1, 0.15) is 34.5 Å². The fourth-order valence-electron chi connectivity index (χ4n) is 3.62. The second-order valence-electron chi connectivity index (χ2n) is 7.40. The molecule has 1 fully saturated rings. The molecular weight excluding hydrogens is 396 g/mol. The van der Waals surface area contributed by atoms with Gasteiger partial charge in [0, 0.05) is 42.0 Å². The van der Waals surface area contributed by atoms with Crippen molar-refractivity contribution in [3.05, 3.63) is 81.6 Å². The van der Waals surface area contributed by atoms with Gasteiger partial charge in [-0.3, -0.25) is 14.9 Å². The van der Waals surface area contributed by atoms with E-state index in [-0.39, 0.29) is 11.6 Å². The zero-order valence-electron chi connectivity index (χ0n) is 17.1. The van der Waals surface area contributed by atoms with Crippen molar-refractivity contribution in [3.63, 3.8) is 0 Å². The number of hydrogen-bond donors (Lipinski definition) is 1. The molecule has 1 aliphatic heterocycles.